The first-order valence-corrected chi connectivity index (χ1v) is 7.66. The normalized spacial score (nSPS) is 10.9. The van der Waals surface area contributed by atoms with Gasteiger partial charge < -0.3 is 5.73 Å². The Balaban J connectivity index is 2.07. The number of pyridine rings is 2. The number of carbonyl (C=O) groups excluding carboxylic acids is 1. The molecule has 3 aromatic rings. The molecule has 0 aliphatic carbocycles. The van der Waals surface area contributed by atoms with Crippen molar-refractivity contribution in [3.8, 4) is 0 Å². The summed E-state index contributed by atoms with van der Waals surface area (Å²) in [5, 5.41) is 0.846. The van der Waals surface area contributed by atoms with Gasteiger partial charge in [0.25, 0.3) is 0 Å². The highest BCUT2D eigenvalue weighted by molar-refractivity contribution is 7.21. The van der Waals surface area contributed by atoms with Gasteiger partial charge in [0.15, 0.2) is 0 Å². The second kappa shape index (κ2) is 5.61. The van der Waals surface area contributed by atoms with Gasteiger partial charge in [-0.15, -0.1) is 11.3 Å². The van der Waals surface area contributed by atoms with Gasteiger partial charge in [-0.05, 0) is 30.7 Å². The van der Waals surface area contributed by atoms with Crippen LogP contribution in [-0.4, -0.2) is 15.8 Å². The number of ketones is 1. The zero-order chi connectivity index (χ0) is 14.8. The Bertz CT molecular complexity index is 796. The van der Waals surface area contributed by atoms with E-state index in [-0.39, 0.29) is 5.78 Å². The number of aryl methyl sites for hydroxylation is 1. The first-order chi connectivity index (χ1) is 10.2. The van der Waals surface area contributed by atoms with Crippen molar-refractivity contribution in [3.63, 3.8) is 0 Å². The number of thiophene rings is 1. The molecule has 0 spiro atoms. The molecule has 0 fully saturated rings. The predicted molar refractivity (Wildman–Crippen MR) is 85.7 cm³/mol. The van der Waals surface area contributed by atoms with Crippen molar-refractivity contribution in [3.05, 3.63) is 52.8 Å². The molecule has 0 atom stereocenters. The maximum Gasteiger partial charge on any atom is 0.223 e. The molecule has 0 aromatic carbocycles. The van der Waals surface area contributed by atoms with Gasteiger partial charge in [0.05, 0.1) is 5.69 Å². The Morgan fingerprint density at radius 1 is 1.29 bits per heavy atom. The van der Waals surface area contributed by atoms with Gasteiger partial charge >= 0.3 is 0 Å². The molecule has 4 nitrogen and oxygen atoms in total. The molecule has 0 unspecified atom stereocenters. The minimum absolute atomic E-state index is 0.145. The molecule has 0 aliphatic rings. The minimum Gasteiger partial charge on any atom is -0.397 e. The molecule has 0 radical (unpaired) electrons. The number of hydrogen-bond acceptors (Lipinski definition) is 5. The van der Waals surface area contributed by atoms with Gasteiger partial charge in [-0.2, -0.15) is 0 Å². The van der Waals surface area contributed by atoms with E-state index in [2.05, 4.69) is 16.9 Å². The van der Waals surface area contributed by atoms with Gasteiger partial charge in [0.1, 0.15) is 15.4 Å². The molecular formula is C16H15N3OS. The zero-order valence-electron chi connectivity index (χ0n) is 11.7. The number of anilines is 1. The topological polar surface area (TPSA) is 68.9 Å². The van der Waals surface area contributed by atoms with E-state index in [1.54, 1.807) is 24.4 Å². The molecule has 0 saturated heterocycles. The number of fused-ring (bicyclic) bond motifs is 1. The molecule has 3 rings (SSSR count). The monoisotopic (exact) mass is 297 g/mol. The molecule has 106 valence electrons. The van der Waals surface area contributed by atoms with Crippen LogP contribution in [0, 0.1) is 0 Å². The quantitative estimate of drug-likeness (QED) is 0.749. The molecule has 0 bridgehead atoms. The maximum absolute atomic E-state index is 12.5. The van der Waals surface area contributed by atoms with E-state index in [9.17, 15) is 4.79 Å². The summed E-state index contributed by atoms with van der Waals surface area (Å²) in [6, 6.07) is 9.20. The summed E-state index contributed by atoms with van der Waals surface area (Å²) in [6.07, 6.45) is 3.57. The zero-order valence-corrected chi connectivity index (χ0v) is 12.5. The lowest BCUT2D eigenvalue weighted by molar-refractivity contribution is 0.103. The first-order valence-electron chi connectivity index (χ1n) is 6.84. The van der Waals surface area contributed by atoms with Crippen LogP contribution in [0.4, 0.5) is 5.69 Å². The van der Waals surface area contributed by atoms with Crippen LogP contribution in [0.5, 0.6) is 0 Å². The highest BCUT2D eigenvalue weighted by Gasteiger charge is 2.19. The number of hydrogen-bond donors (Lipinski definition) is 1. The standard InChI is InChI=1S/C16H15N3OS/c1-2-5-10-7-8-11-13(17)15(21-16(11)19-10)14(20)12-6-3-4-9-18-12/h3-4,6-9H,2,5,17H2,1H3. The van der Waals surface area contributed by atoms with Crippen molar-refractivity contribution < 1.29 is 4.79 Å². The molecule has 3 aromatic heterocycles. The van der Waals surface area contributed by atoms with Crippen LogP contribution < -0.4 is 5.73 Å². The Morgan fingerprint density at radius 2 is 2.14 bits per heavy atom. The van der Waals surface area contributed by atoms with Crippen molar-refractivity contribution >= 4 is 33.0 Å². The predicted octanol–water partition coefficient (Wildman–Crippen LogP) is 3.46. The van der Waals surface area contributed by atoms with Gasteiger partial charge in [0, 0.05) is 17.3 Å². The molecule has 0 aliphatic heterocycles. The molecule has 0 saturated carbocycles. The van der Waals surface area contributed by atoms with E-state index >= 15 is 0 Å². The van der Waals surface area contributed by atoms with Crippen molar-refractivity contribution in [2.24, 2.45) is 0 Å². The van der Waals surface area contributed by atoms with Crippen LogP contribution in [-0.2, 0) is 6.42 Å². The van der Waals surface area contributed by atoms with Crippen LogP contribution in [0.3, 0.4) is 0 Å². The van der Waals surface area contributed by atoms with Gasteiger partial charge in [-0.3, -0.25) is 9.78 Å². The highest BCUT2D eigenvalue weighted by Crippen LogP contribution is 2.33. The summed E-state index contributed by atoms with van der Waals surface area (Å²) in [5.74, 6) is -0.145. The molecule has 0 amide bonds. The van der Waals surface area contributed by atoms with E-state index in [0.717, 1.165) is 28.8 Å². The third-order valence-corrected chi connectivity index (χ3v) is 4.38. The minimum atomic E-state index is -0.145. The number of nitrogens with zero attached hydrogens (tertiary/aromatic N) is 2. The average Bonchev–Trinajstić information content (AvgIpc) is 2.84. The SMILES string of the molecule is CCCc1ccc2c(N)c(C(=O)c3ccccn3)sc2n1. The van der Waals surface area contributed by atoms with Crippen molar-refractivity contribution in [2.45, 2.75) is 19.8 Å². The highest BCUT2D eigenvalue weighted by atomic mass is 32.1. The smallest absolute Gasteiger partial charge is 0.223 e. The summed E-state index contributed by atoms with van der Waals surface area (Å²) in [4.78, 5) is 22.5. The van der Waals surface area contributed by atoms with Crippen LogP contribution in [0.2, 0.25) is 0 Å². The molecule has 2 N–H and O–H groups in total. The molecule has 21 heavy (non-hydrogen) atoms. The molecule has 3 heterocycles. The van der Waals surface area contributed by atoms with Crippen LogP contribution >= 0.6 is 11.3 Å². The van der Waals surface area contributed by atoms with Gasteiger partial charge in [-0.1, -0.05) is 19.4 Å². The van der Waals surface area contributed by atoms with Gasteiger partial charge in [-0.25, -0.2) is 4.98 Å². The third kappa shape index (κ3) is 2.52. The van der Waals surface area contributed by atoms with E-state index in [0.29, 0.717) is 16.3 Å². The fourth-order valence-electron chi connectivity index (χ4n) is 2.21. The van der Waals surface area contributed by atoms with Crippen LogP contribution in [0.25, 0.3) is 10.2 Å². The number of nitrogen functional groups attached to an aromatic ring is 1. The summed E-state index contributed by atoms with van der Waals surface area (Å²) in [6.45, 7) is 2.12. The van der Waals surface area contributed by atoms with Crippen LogP contribution in [0.15, 0.2) is 36.5 Å². The Hall–Kier alpha value is -2.27. The average molecular weight is 297 g/mol. The fourth-order valence-corrected chi connectivity index (χ4v) is 3.27. The van der Waals surface area contributed by atoms with E-state index in [1.807, 2.05) is 12.1 Å². The van der Waals surface area contributed by atoms with Crippen molar-refractivity contribution in [1.82, 2.24) is 9.97 Å². The lowest BCUT2D eigenvalue weighted by Gasteiger charge is -1.98. The molecular weight excluding hydrogens is 282 g/mol. The number of carbonyl (C=O) groups is 1. The largest absolute Gasteiger partial charge is 0.397 e. The third-order valence-electron chi connectivity index (χ3n) is 3.26. The number of rotatable bonds is 4. The van der Waals surface area contributed by atoms with Crippen molar-refractivity contribution in [2.75, 3.05) is 5.73 Å². The van der Waals surface area contributed by atoms with Gasteiger partial charge in [0.2, 0.25) is 5.78 Å². The lowest BCUT2D eigenvalue weighted by Crippen LogP contribution is -2.03. The Kier molecular flexibility index (Phi) is 3.66. The summed E-state index contributed by atoms with van der Waals surface area (Å²) in [7, 11) is 0. The maximum atomic E-state index is 12.5. The first kappa shape index (κ1) is 13.7. The van der Waals surface area contributed by atoms with Crippen LogP contribution in [0.1, 0.15) is 34.4 Å². The Labute approximate surface area is 126 Å². The van der Waals surface area contributed by atoms with E-state index in [4.69, 9.17) is 5.73 Å². The van der Waals surface area contributed by atoms with E-state index < -0.39 is 0 Å². The van der Waals surface area contributed by atoms with E-state index in [1.165, 1.54) is 11.3 Å². The molecule has 5 heteroatoms. The Morgan fingerprint density at radius 3 is 2.86 bits per heavy atom. The summed E-state index contributed by atoms with van der Waals surface area (Å²) in [5.41, 5.74) is 8.06. The number of nitrogens with two attached hydrogens (primary N) is 1. The second-order valence-electron chi connectivity index (χ2n) is 4.79. The number of aromatic nitrogens is 2. The summed E-state index contributed by atoms with van der Waals surface area (Å²) >= 11 is 1.34. The summed E-state index contributed by atoms with van der Waals surface area (Å²) < 4.78 is 0. The fraction of sp³-hybridized carbons (Fsp3) is 0.188. The second-order valence-corrected chi connectivity index (χ2v) is 5.79. The van der Waals surface area contributed by atoms with Crippen molar-refractivity contribution in [1.29, 1.82) is 0 Å². The lowest BCUT2D eigenvalue weighted by atomic mass is 10.1.